The van der Waals surface area contributed by atoms with Gasteiger partial charge in [0.05, 0.1) is 6.42 Å². The number of rotatable bonds is 6. The molecule has 2 rings (SSSR count). The highest BCUT2D eigenvalue weighted by molar-refractivity contribution is 5.75. The Morgan fingerprint density at radius 2 is 2.05 bits per heavy atom. The van der Waals surface area contributed by atoms with E-state index < -0.39 is 5.97 Å². The molecule has 0 bridgehead atoms. The summed E-state index contributed by atoms with van der Waals surface area (Å²) in [4.78, 5) is 24.6. The highest BCUT2D eigenvalue weighted by Gasteiger charge is 2.26. The van der Waals surface area contributed by atoms with E-state index in [2.05, 4.69) is 5.32 Å². The van der Waals surface area contributed by atoms with E-state index in [-0.39, 0.29) is 30.9 Å². The Bertz CT molecular complexity index is 530. The van der Waals surface area contributed by atoms with Crippen molar-refractivity contribution in [3.05, 3.63) is 35.6 Å². The fourth-order valence-corrected chi connectivity index (χ4v) is 2.79. The van der Waals surface area contributed by atoms with Crippen molar-refractivity contribution >= 4 is 12.0 Å². The molecule has 0 radical (unpaired) electrons. The van der Waals surface area contributed by atoms with Crippen LogP contribution in [-0.4, -0.2) is 34.6 Å². The number of benzene rings is 1. The molecule has 0 spiro atoms. The van der Waals surface area contributed by atoms with Gasteiger partial charge in [-0.15, -0.1) is 0 Å². The van der Waals surface area contributed by atoms with Crippen LogP contribution in [0.25, 0.3) is 0 Å². The first-order chi connectivity index (χ1) is 10.6. The number of amides is 2. The maximum Gasteiger partial charge on any atom is 0.317 e. The molecule has 1 fully saturated rings. The maximum atomic E-state index is 13.3. The fourth-order valence-electron chi connectivity index (χ4n) is 2.79. The maximum absolute atomic E-state index is 13.3. The summed E-state index contributed by atoms with van der Waals surface area (Å²) in [6.45, 7) is 0.432. The van der Waals surface area contributed by atoms with Crippen molar-refractivity contribution in [1.82, 2.24) is 10.2 Å². The lowest BCUT2D eigenvalue weighted by molar-refractivity contribution is -0.136. The molecule has 2 amide bonds. The number of nitrogens with zero attached hydrogens (tertiary/aromatic N) is 1. The third kappa shape index (κ3) is 4.72. The molecule has 5 nitrogen and oxygen atoms in total. The smallest absolute Gasteiger partial charge is 0.317 e. The molecule has 0 aliphatic heterocycles. The van der Waals surface area contributed by atoms with Crippen LogP contribution in [0.4, 0.5) is 9.18 Å². The van der Waals surface area contributed by atoms with E-state index >= 15 is 0 Å². The molecule has 6 heteroatoms. The highest BCUT2D eigenvalue weighted by atomic mass is 19.1. The molecule has 0 atom stereocenters. The summed E-state index contributed by atoms with van der Waals surface area (Å²) >= 11 is 0. The van der Waals surface area contributed by atoms with Crippen LogP contribution in [0.15, 0.2) is 24.3 Å². The Kier molecular flexibility index (Phi) is 5.75. The van der Waals surface area contributed by atoms with E-state index in [9.17, 15) is 14.0 Å². The lowest BCUT2D eigenvalue weighted by atomic mass is 10.1. The zero-order valence-electron chi connectivity index (χ0n) is 12.4. The lowest BCUT2D eigenvalue weighted by Crippen LogP contribution is -2.45. The van der Waals surface area contributed by atoms with Crippen LogP contribution >= 0.6 is 0 Å². The summed E-state index contributed by atoms with van der Waals surface area (Å²) in [6.07, 6.45) is 3.91. The molecular formula is C16H21FN2O3. The van der Waals surface area contributed by atoms with Gasteiger partial charge in [-0.25, -0.2) is 9.18 Å². The third-order valence-corrected chi connectivity index (χ3v) is 3.88. The van der Waals surface area contributed by atoms with Crippen LogP contribution in [0, 0.1) is 5.82 Å². The predicted octanol–water partition coefficient (Wildman–Crippen LogP) is 2.75. The first-order valence-corrected chi connectivity index (χ1v) is 7.57. The van der Waals surface area contributed by atoms with Crippen LogP contribution in [0.5, 0.6) is 0 Å². The summed E-state index contributed by atoms with van der Waals surface area (Å²) in [5.74, 6) is -1.27. The molecule has 1 aliphatic rings. The fraction of sp³-hybridized carbons (Fsp3) is 0.500. The molecule has 2 N–H and O–H groups in total. The molecule has 0 heterocycles. The number of carbonyl (C=O) groups is 2. The second-order valence-electron chi connectivity index (χ2n) is 5.57. The minimum atomic E-state index is -0.946. The molecule has 22 heavy (non-hydrogen) atoms. The van der Waals surface area contributed by atoms with Gasteiger partial charge in [0.2, 0.25) is 0 Å². The number of aliphatic carboxylic acids is 1. The van der Waals surface area contributed by atoms with E-state index in [1.165, 1.54) is 12.1 Å². The Balaban J connectivity index is 2.02. The van der Waals surface area contributed by atoms with Gasteiger partial charge in [0.15, 0.2) is 0 Å². The predicted molar refractivity (Wildman–Crippen MR) is 79.9 cm³/mol. The summed E-state index contributed by atoms with van der Waals surface area (Å²) in [7, 11) is 0. The molecule has 0 aromatic heterocycles. The zero-order valence-corrected chi connectivity index (χ0v) is 12.4. The minimum absolute atomic E-state index is 0.0978. The average Bonchev–Trinajstić information content (AvgIpc) is 2.98. The number of carboxylic acids is 1. The van der Waals surface area contributed by atoms with Crippen molar-refractivity contribution in [2.75, 3.05) is 6.54 Å². The Morgan fingerprint density at radius 3 is 2.68 bits per heavy atom. The van der Waals surface area contributed by atoms with Crippen LogP contribution in [0.2, 0.25) is 0 Å². The molecule has 0 saturated heterocycles. The molecule has 1 aliphatic carbocycles. The number of hydrogen-bond acceptors (Lipinski definition) is 2. The number of carboxylic acid groups (broad SMARTS) is 1. The quantitative estimate of drug-likeness (QED) is 0.849. The van der Waals surface area contributed by atoms with Gasteiger partial charge in [0, 0.05) is 19.1 Å². The van der Waals surface area contributed by atoms with Crippen LogP contribution in [0.1, 0.15) is 37.7 Å². The SMILES string of the molecule is O=C(O)CCNC(=O)N(Cc1cccc(F)c1)C1CCCC1. The Morgan fingerprint density at radius 1 is 1.32 bits per heavy atom. The highest BCUT2D eigenvalue weighted by Crippen LogP contribution is 2.25. The summed E-state index contributed by atoms with van der Waals surface area (Å²) in [5, 5.41) is 11.3. The molecular weight excluding hydrogens is 287 g/mol. The van der Waals surface area contributed by atoms with Crippen molar-refractivity contribution in [3.8, 4) is 0 Å². The van der Waals surface area contributed by atoms with Crippen molar-refractivity contribution in [3.63, 3.8) is 0 Å². The molecule has 1 saturated carbocycles. The van der Waals surface area contributed by atoms with E-state index in [0.29, 0.717) is 6.54 Å². The number of hydrogen-bond donors (Lipinski definition) is 2. The monoisotopic (exact) mass is 308 g/mol. The summed E-state index contributed by atoms with van der Waals surface area (Å²) < 4.78 is 13.3. The van der Waals surface area contributed by atoms with Crippen molar-refractivity contribution < 1.29 is 19.1 Å². The van der Waals surface area contributed by atoms with E-state index in [1.54, 1.807) is 17.0 Å². The third-order valence-electron chi connectivity index (χ3n) is 3.88. The van der Waals surface area contributed by atoms with Crippen LogP contribution in [-0.2, 0) is 11.3 Å². The number of urea groups is 1. The second-order valence-corrected chi connectivity index (χ2v) is 5.57. The van der Waals surface area contributed by atoms with Crippen LogP contribution in [0.3, 0.4) is 0 Å². The minimum Gasteiger partial charge on any atom is -0.481 e. The summed E-state index contributed by atoms with van der Waals surface area (Å²) in [5.41, 5.74) is 0.736. The van der Waals surface area contributed by atoms with Gasteiger partial charge in [0.25, 0.3) is 0 Å². The van der Waals surface area contributed by atoms with Crippen molar-refractivity contribution in [2.45, 2.75) is 44.7 Å². The van der Waals surface area contributed by atoms with Gasteiger partial charge < -0.3 is 15.3 Å². The zero-order chi connectivity index (χ0) is 15.9. The lowest BCUT2D eigenvalue weighted by Gasteiger charge is -2.29. The van der Waals surface area contributed by atoms with E-state index in [0.717, 1.165) is 31.2 Å². The van der Waals surface area contributed by atoms with E-state index in [4.69, 9.17) is 5.11 Å². The standard InChI is InChI=1S/C16H21FN2O3/c17-13-5-3-4-12(10-13)11-19(14-6-1-2-7-14)16(22)18-9-8-15(20)21/h3-5,10,14H,1-2,6-9,11H2,(H,18,22)(H,20,21). The molecule has 0 unspecified atom stereocenters. The summed E-state index contributed by atoms with van der Waals surface area (Å²) in [6, 6.07) is 6.06. The number of carbonyl (C=O) groups excluding carboxylic acids is 1. The first-order valence-electron chi connectivity index (χ1n) is 7.57. The topological polar surface area (TPSA) is 69.6 Å². The average molecular weight is 308 g/mol. The van der Waals surface area contributed by atoms with Gasteiger partial charge in [-0.1, -0.05) is 25.0 Å². The van der Waals surface area contributed by atoms with Crippen molar-refractivity contribution in [1.29, 1.82) is 0 Å². The van der Waals surface area contributed by atoms with Crippen LogP contribution < -0.4 is 5.32 Å². The molecule has 120 valence electrons. The van der Waals surface area contributed by atoms with E-state index in [1.807, 2.05) is 0 Å². The van der Waals surface area contributed by atoms with Gasteiger partial charge in [-0.2, -0.15) is 0 Å². The van der Waals surface area contributed by atoms with Gasteiger partial charge in [0.1, 0.15) is 5.82 Å². The van der Waals surface area contributed by atoms with Gasteiger partial charge in [-0.05, 0) is 30.5 Å². The van der Waals surface area contributed by atoms with Gasteiger partial charge in [-0.3, -0.25) is 4.79 Å². The number of nitrogens with one attached hydrogen (secondary N) is 1. The number of halogens is 1. The Labute approximate surface area is 129 Å². The Hall–Kier alpha value is -2.11. The molecule has 1 aromatic carbocycles. The largest absolute Gasteiger partial charge is 0.481 e. The molecule has 1 aromatic rings. The van der Waals surface area contributed by atoms with Crippen molar-refractivity contribution in [2.24, 2.45) is 0 Å². The first kappa shape index (κ1) is 16.3. The normalized spacial score (nSPS) is 14.8. The van der Waals surface area contributed by atoms with Gasteiger partial charge >= 0.3 is 12.0 Å². The second kappa shape index (κ2) is 7.77.